The lowest BCUT2D eigenvalue weighted by Gasteiger charge is -2.14. The van der Waals surface area contributed by atoms with Crippen LogP contribution in [0.1, 0.15) is 0 Å². The molecule has 0 radical (unpaired) electrons. The van der Waals surface area contributed by atoms with E-state index in [-0.39, 0.29) is 0 Å². The number of fused-ring (bicyclic) bond motifs is 5. The average Bonchev–Trinajstić information content (AvgIpc) is 3.34. The van der Waals surface area contributed by atoms with Crippen molar-refractivity contribution in [2.45, 2.75) is 0 Å². The van der Waals surface area contributed by atoms with Crippen molar-refractivity contribution in [3.8, 4) is 78.8 Å². The molecule has 0 aliphatic carbocycles. The molecule has 4 nitrogen and oxygen atoms in total. The van der Waals surface area contributed by atoms with Gasteiger partial charge in [-0.3, -0.25) is 0 Å². The molecule has 4 heteroatoms. The molecule has 60 heavy (non-hydrogen) atoms. The van der Waals surface area contributed by atoms with Crippen LogP contribution in [-0.2, 0) is 0 Å². The third kappa shape index (κ3) is 6.56. The van der Waals surface area contributed by atoms with E-state index in [0.29, 0.717) is 17.5 Å². The molecular formula is C56H36N4. The molecule has 0 atom stereocenters. The molecule has 11 rings (SSSR count). The fourth-order valence-corrected chi connectivity index (χ4v) is 8.24. The fraction of sp³-hybridized carbons (Fsp3) is 0. The highest BCUT2D eigenvalue weighted by Crippen LogP contribution is 2.39. The smallest absolute Gasteiger partial charge is 0.164 e. The quantitative estimate of drug-likeness (QED) is 0.152. The first-order valence-electron chi connectivity index (χ1n) is 20.2. The Bertz CT molecular complexity index is 3220. The molecule has 0 unspecified atom stereocenters. The molecule has 0 saturated heterocycles. The minimum atomic E-state index is 0.619. The molecule has 2 heterocycles. The standard InChI is InChI=1S/C56H36N4/c1-3-12-37(13-4-1)39-22-28-43(29-23-39)54-58-55(44-30-24-40(25-31-44)38-14-5-2-6-15-38)60-56(59-54)45-32-26-41(27-33-45)46-17-11-18-47(36-46)53-52-48-19-8-7-16-42(48)34-35-50(52)49-20-9-10-21-51(49)57-53/h1-36H. The molecule has 0 aliphatic rings. The van der Waals surface area contributed by atoms with E-state index in [1.807, 2.05) is 12.1 Å². The van der Waals surface area contributed by atoms with Crippen molar-refractivity contribution in [1.82, 2.24) is 19.9 Å². The van der Waals surface area contributed by atoms with Crippen LogP contribution in [0.2, 0.25) is 0 Å². The maximum absolute atomic E-state index is 5.30. The highest BCUT2D eigenvalue weighted by molar-refractivity contribution is 6.21. The molecule has 0 saturated carbocycles. The molecule has 0 amide bonds. The highest BCUT2D eigenvalue weighted by Gasteiger charge is 2.16. The first kappa shape index (κ1) is 35.1. The lowest BCUT2D eigenvalue weighted by atomic mass is 9.93. The number of hydrogen-bond donors (Lipinski definition) is 0. The molecule has 280 valence electrons. The van der Waals surface area contributed by atoms with Crippen molar-refractivity contribution in [3.05, 3.63) is 218 Å². The Hall–Kier alpha value is -8.08. The SMILES string of the molecule is c1ccc(-c2ccc(-c3nc(-c4ccc(-c5ccccc5)cc4)nc(-c4ccc(-c5cccc(-c6nc7ccccc7c7ccc8ccccc8c67)c5)cc4)n3)cc2)cc1. The summed E-state index contributed by atoms with van der Waals surface area (Å²) in [5.74, 6) is 1.87. The molecule has 2 aromatic heterocycles. The summed E-state index contributed by atoms with van der Waals surface area (Å²) in [7, 11) is 0. The summed E-state index contributed by atoms with van der Waals surface area (Å²) in [4.78, 5) is 20.5. The zero-order valence-electron chi connectivity index (χ0n) is 32.6. The van der Waals surface area contributed by atoms with Crippen LogP contribution in [0.15, 0.2) is 218 Å². The van der Waals surface area contributed by atoms with Crippen molar-refractivity contribution >= 4 is 32.4 Å². The summed E-state index contributed by atoms with van der Waals surface area (Å²) in [6, 6.07) is 76.4. The molecular weight excluding hydrogens is 729 g/mol. The topological polar surface area (TPSA) is 51.6 Å². The van der Waals surface area contributed by atoms with Gasteiger partial charge in [0.1, 0.15) is 0 Å². The summed E-state index contributed by atoms with van der Waals surface area (Å²) in [6.07, 6.45) is 0. The van der Waals surface area contributed by atoms with E-state index in [1.165, 1.54) is 32.7 Å². The van der Waals surface area contributed by atoms with Crippen LogP contribution in [0.3, 0.4) is 0 Å². The number of nitrogens with zero attached hydrogens (tertiary/aromatic N) is 4. The number of aromatic nitrogens is 4. The van der Waals surface area contributed by atoms with Crippen molar-refractivity contribution in [2.24, 2.45) is 0 Å². The molecule has 0 bridgehead atoms. The van der Waals surface area contributed by atoms with Crippen LogP contribution in [0.4, 0.5) is 0 Å². The number of hydrogen-bond acceptors (Lipinski definition) is 4. The van der Waals surface area contributed by atoms with E-state index in [4.69, 9.17) is 19.9 Å². The molecule has 0 fully saturated rings. The van der Waals surface area contributed by atoms with E-state index >= 15 is 0 Å². The maximum atomic E-state index is 5.30. The van der Waals surface area contributed by atoms with Crippen LogP contribution < -0.4 is 0 Å². The first-order valence-corrected chi connectivity index (χ1v) is 20.2. The molecule has 9 aromatic carbocycles. The van der Waals surface area contributed by atoms with Crippen LogP contribution in [0, 0.1) is 0 Å². The predicted molar refractivity (Wildman–Crippen MR) is 248 cm³/mol. The second-order valence-corrected chi connectivity index (χ2v) is 15.0. The van der Waals surface area contributed by atoms with Crippen LogP contribution in [-0.4, -0.2) is 19.9 Å². The average molecular weight is 765 g/mol. The van der Waals surface area contributed by atoms with Crippen molar-refractivity contribution in [2.75, 3.05) is 0 Å². The zero-order valence-corrected chi connectivity index (χ0v) is 32.6. The van der Waals surface area contributed by atoms with Gasteiger partial charge in [-0.2, -0.15) is 0 Å². The number of benzene rings is 9. The van der Waals surface area contributed by atoms with Crippen molar-refractivity contribution in [3.63, 3.8) is 0 Å². The van der Waals surface area contributed by atoms with Gasteiger partial charge in [-0.05, 0) is 61.7 Å². The normalized spacial score (nSPS) is 11.3. The summed E-state index contributed by atoms with van der Waals surface area (Å²) < 4.78 is 0. The monoisotopic (exact) mass is 764 g/mol. The zero-order chi connectivity index (χ0) is 39.8. The van der Waals surface area contributed by atoms with Crippen molar-refractivity contribution < 1.29 is 0 Å². The van der Waals surface area contributed by atoms with E-state index < -0.39 is 0 Å². The van der Waals surface area contributed by atoms with Crippen LogP contribution in [0.25, 0.3) is 111 Å². The predicted octanol–water partition coefficient (Wildman–Crippen LogP) is 14.4. The third-order valence-electron chi connectivity index (χ3n) is 11.3. The highest BCUT2D eigenvalue weighted by atomic mass is 15.0. The molecule has 11 aromatic rings. The summed E-state index contributed by atoms with van der Waals surface area (Å²) in [5.41, 5.74) is 12.6. The molecule has 0 aliphatic heterocycles. The molecule has 0 N–H and O–H groups in total. The first-order chi connectivity index (χ1) is 29.7. The Labute approximate surface area is 348 Å². The Morgan fingerprint density at radius 3 is 1.22 bits per heavy atom. The Kier molecular flexibility index (Phi) is 8.79. The lowest BCUT2D eigenvalue weighted by molar-refractivity contribution is 1.07. The fourth-order valence-electron chi connectivity index (χ4n) is 8.24. The largest absolute Gasteiger partial charge is 0.247 e. The maximum Gasteiger partial charge on any atom is 0.164 e. The van der Waals surface area contributed by atoms with E-state index in [1.54, 1.807) is 0 Å². The second-order valence-electron chi connectivity index (χ2n) is 15.0. The van der Waals surface area contributed by atoms with Crippen molar-refractivity contribution in [1.29, 1.82) is 0 Å². The van der Waals surface area contributed by atoms with Gasteiger partial charge in [0.25, 0.3) is 0 Å². The van der Waals surface area contributed by atoms with Crippen LogP contribution >= 0.6 is 0 Å². The van der Waals surface area contributed by atoms with Gasteiger partial charge in [-0.25, -0.2) is 19.9 Å². The minimum absolute atomic E-state index is 0.619. The second kappa shape index (κ2) is 15.0. The van der Waals surface area contributed by atoms with Gasteiger partial charge in [-0.1, -0.05) is 206 Å². The Morgan fingerprint density at radius 2 is 0.650 bits per heavy atom. The lowest BCUT2D eigenvalue weighted by Crippen LogP contribution is -2.00. The summed E-state index contributed by atoms with van der Waals surface area (Å²) in [6.45, 7) is 0. The number of rotatable bonds is 7. The molecule has 0 spiro atoms. The number of para-hydroxylation sites is 1. The summed E-state index contributed by atoms with van der Waals surface area (Å²) in [5, 5.41) is 5.94. The Balaban J connectivity index is 0.977. The summed E-state index contributed by atoms with van der Waals surface area (Å²) >= 11 is 0. The van der Waals surface area contributed by atoms with E-state index in [0.717, 1.165) is 61.1 Å². The van der Waals surface area contributed by atoms with Gasteiger partial charge in [0.05, 0.1) is 11.2 Å². The number of pyridine rings is 1. The van der Waals surface area contributed by atoms with E-state index in [2.05, 4.69) is 206 Å². The minimum Gasteiger partial charge on any atom is -0.247 e. The van der Waals surface area contributed by atoms with Crippen LogP contribution in [0.5, 0.6) is 0 Å². The van der Waals surface area contributed by atoms with Gasteiger partial charge in [0.15, 0.2) is 17.5 Å². The van der Waals surface area contributed by atoms with E-state index in [9.17, 15) is 0 Å². The van der Waals surface area contributed by atoms with Gasteiger partial charge in [-0.15, -0.1) is 0 Å². The van der Waals surface area contributed by atoms with Gasteiger partial charge in [0.2, 0.25) is 0 Å². The Morgan fingerprint density at radius 1 is 0.233 bits per heavy atom. The van der Waals surface area contributed by atoms with Gasteiger partial charge < -0.3 is 0 Å². The van der Waals surface area contributed by atoms with Gasteiger partial charge >= 0.3 is 0 Å². The van der Waals surface area contributed by atoms with Gasteiger partial charge in [0, 0.05) is 33.0 Å². The third-order valence-corrected chi connectivity index (χ3v) is 11.3.